The van der Waals surface area contributed by atoms with Gasteiger partial charge in [-0.05, 0) is 47.0 Å². The first kappa shape index (κ1) is 13.8. The number of thiophene rings is 1. The Hall–Kier alpha value is 0.360. The van der Waals surface area contributed by atoms with Gasteiger partial charge in [0.15, 0.2) is 0 Å². The molecule has 1 heterocycles. The van der Waals surface area contributed by atoms with Gasteiger partial charge in [0.1, 0.15) is 0 Å². The molecule has 0 nitrogen and oxygen atoms in total. The van der Waals surface area contributed by atoms with Gasteiger partial charge in [0.2, 0.25) is 0 Å². The maximum atomic E-state index is 3.79. The van der Waals surface area contributed by atoms with Crippen molar-refractivity contribution in [2.75, 3.05) is 0 Å². The molecule has 1 aromatic carbocycles. The van der Waals surface area contributed by atoms with Crippen LogP contribution in [-0.4, -0.2) is 0 Å². The zero-order valence-corrected chi connectivity index (χ0v) is 15.0. The number of rotatable bonds is 2. The average Bonchev–Trinajstić information content (AvgIpc) is 2.61. The summed E-state index contributed by atoms with van der Waals surface area (Å²) < 4.78 is 2.36. The van der Waals surface area contributed by atoms with E-state index in [0.717, 1.165) is 0 Å². The van der Waals surface area contributed by atoms with Crippen LogP contribution >= 0.6 is 59.1 Å². The molecule has 0 saturated heterocycles. The molecule has 90 valence electrons. The second kappa shape index (κ2) is 5.55. The summed E-state index contributed by atoms with van der Waals surface area (Å²) in [5.41, 5.74) is 2.53. The molecule has 1 unspecified atom stereocenters. The first-order chi connectivity index (χ1) is 8.00. The summed E-state index contributed by atoms with van der Waals surface area (Å²) in [4.78, 5) is 2.86. The van der Waals surface area contributed by atoms with E-state index in [1.54, 1.807) is 0 Å². The summed E-state index contributed by atoms with van der Waals surface area (Å²) in [5.74, 6) is 0. The molecule has 0 saturated carbocycles. The normalized spacial score (nSPS) is 12.8. The minimum atomic E-state index is 0.227. The maximum absolute atomic E-state index is 3.79. The Kier molecular flexibility index (Phi) is 4.50. The zero-order chi connectivity index (χ0) is 12.6. The van der Waals surface area contributed by atoms with E-state index in [0.29, 0.717) is 0 Å². The SMILES string of the molecule is Cc1cc(Br)c(C(Br)c2cccc(C)c2Br)s1. The van der Waals surface area contributed by atoms with Crippen LogP contribution in [0.4, 0.5) is 0 Å². The maximum Gasteiger partial charge on any atom is 0.0760 e. The van der Waals surface area contributed by atoms with Gasteiger partial charge in [-0.15, -0.1) is 11.3 Å². The molecule has 1 aromatic heterocycles. The highest BCUT2D eigenvalue weighted by atomic mass is 79.9. The molecule has 0 amide bonds. The molecule has 0 N–H and O–H groups in total. The van der Waals surface area contributed by atoms with E-state index in [1.165, 1.54) is 29.8 Å². The van der Waals surface area contributed by atoms with Crippen molar-refractivity contribution < 1.29 is 0 Å². The van der Waals surface area contributed by atoms with Crippen molar-refractivity contribution in [2.24, 2.45) is 0 Å². The molecule has 2 aromatic rings. The second-order valence-electron chi connectivity index (χ2n) is 3.91. The van der Waals surface area contributed by atoms with Gasteiger partial charge in [-0.25, -0.2) is 0 Å². The minimum absolute atomic E-state index is 0.227. The number of alkyl halides is 1. The first-order valence-corrected chi connectivity index (χ1v) is 8.47. The molecular formula is C13H11Br3S. The van der Waals surface area contributed by atoms with E-state index in [2.05, 4.69) is 85.9 Å². The highest BCUT2D eigenvalue weighted by Crippen LogP contribution is 2.43. The minimum Gasteiger partial charge on any atom is -0.143 e. The standard InChI is InChI=1S/C13H11Br3S/c1-7-4-3-5-9(11(7)15)12(16)13-10(14)6-8(2)17-13/h3-6,12H,1-2H3. The first-order valence-electron chi connectivity index (χ1n) is 5.15. The molecule has 4 heteroatoms. The molecule has 0 bridgehead atoms. The third-order valence-corrected chi connectivity index (χ3v) is 6.93. The predicted molar refractivity (Wildman–Crippen MR) is 86.4 cm³/mol. The van der Waals surface area contributed by atoms with Gasteiger partial charge in [-0.3, -0.25) is 0 Å². The van der Waals surface area contributed by atoms with Crippen LogP contribution in [0.5, 0.6) is 0 Å². The summed E-state index contributed by atoms with van der Waals surface area (Å²) in [5, 5.41) is 0. The van der Waals surface area contributed by atoms with Gasteiger partial charge in [-0.2, -0.15) is 0 Å². The third-order valence-electron chi connectivity index (χ3n) is 2.56. The van der Waals surface area contributed by atoms with Crippen molar-refractivity contribution in [1.29, 1.82) is 0 Å². The molecule has 0 spiro atoms. The second-order valence-corrected chi connectivity index (χ2v) is 7.76. The Labute approximate surface area is 131 Å². The number of hydrogen-bond donors (Lipinski definition) is 0. The Morgan fingerprint density at radius 3 is 2.47 bits per heavy atom. The van der Waals surface area contributed by atoms with E-state index in [-0.39, 0.29) is 4.83 Å². The lowest BCUT2D eigenvalue weighted by Crippen LogP contribution is -1.93. The number of benzene rings is 1. The molecule has 0 aliphatic carbocycles. The third kappa shape index (κ3) is 2.86. The lowest BCUT2D eigenvalue weighted by atomic mass is 10.1. The van der Waals surface area contributed by atoms with Crippen LogP contribution in [0.25, 0.3) is 0 Å². The highest BCUT2D eigenvalue weighted by Gasteiger charge is 2.19. The molecular weight excluding hydrogens is 428 g/mol. The van der Waals surface area contributed by atoms with Crippen LogP contribution in [0.2, 0.25) is 0 Å². The molecule has 2 rings (SSSR count). The van der Waals surface area contributed by atoms with Crippen LogP contribution in [0, 0.1) is 13.8 Å². The van der Waals surface area contributed by atoms with E-state index in [9.17, 15) is 0 Å². The highest BCUT2D eigenvalue weighted by molar-refractivity contribution is 9.11. The lowest BCUT2D eigenvalue weighted by Gasteiger charge is -2.13. The fourth-order valence-electron chi connectivity index (χ4n) is 1.68. The van der Waals surface area contributed by atoms with Crippen molar-refractivity contribution in [3.05, 3.63) is 54.1 Å². The van der Waals surface area contributed by atoms with Gasteiger partial charge in [0.05, 0.1) is 4.83 Å². The largest absolute Gasteiger partial charge is 0.143 e. The van der Waals surface area contributed by atoms with Gasteiger partial charge in [0, 0.05) is 18.7 Å². The van der Waals surface area contributed by atoms with Gasteiger partial charge < -0.3 is 0 Å². The molecule has 0 aliphatic heterocycles. The van der Waals surface area contributed by atoms with Crippen molar-refractivity contribution >= 4 is 59.1 Å². The lowest BCUT2D eigenvalue weighted by molar-refractivity contribution is 1.18. The van der Waals surface area contributed by atoms with Crippen molar-refractivity contribution in [3.63, 3.8) is 0 Å². The fourth-order valence-corrected chi connectivity index (χ4v) is 5.57. The van der Waals surface area contributed by atoms with Crippen LogP contribution < -0.4 is 0 Å². The van der Waals surface area contributed by atoms with E-state index < -0.39 is 0 Å². The molecule has 1 atom stereocenters. The Morgan fingerprint density at radius 1 is 1.18 bits per heavy atom. The topological polar surface area (TPSA) is 0 Å². The predicted octanol–water partition coefficient (Wildman–Crippen LogP) is 6.37. The van der Waals surface area contributed by atoms with Gasteiger partial charge in [0.25, 0.3) is 0 Å². The number of halogens is 3. The summed E-state index contributed by atoms with van der Waals surface area (Å²) in [6.45, 7) is 4.24. The number of hydrogen-bond acceptors (Lipinski definition) is 1. The Bertz CT molecular complexity index is 546. The van der Waals surface area contributed by atoms with E-state index in [4.69, 9.17) is 0 Å². The molecule has 0 radical (unpaired) electrons. The zero-order valence-electron chi connectivity index (χ0n) is 9.43. The van der Waals surface area contributed by atoms with Gasteiger partial charge in [-0.1, -0.05) is 50.1 Å². The molecule has 17 heavy (non-hydrogen) atoms. The smallest absolute Gasteiger partial charge is 0.0760 e. The van der Waals surface area contributed by atoms with Crippen molar-refractivity contribution in [3.8, 4) is 0 Å². The molecule has 0 aliphatic rings. The quantitative estimate of drug-likeness (QED) is 0.477. The van der Waals surface area contributed by atoms with Crippen molar-refractivity contribution in [1.82, 2.24) is 0 Å². The van der Waals surface area contributed by atoms with Crippen LogP contribution in [0.15, 0.2) is 33.2 Å². The summed E-state index contributed by atoms with van der Waals surface area (Å²) >= 11 is 12.9. The summed E-state index contributed by atoms with van der Waals surface area (Å²) in [7, 11) is 0. The Morgan fingerprint density at radius 2 is 1.88 bits per heavy atom. The van der Waals surface area contributed by atoms with Crippen LogP contribution in [0.1, 0.15) is 25.7 Å². The fraction of sp³-hybridized carbons (Fsp3) is 0.231. The summed E-state index contributed by atoms with van der Waals surface area (Å²) in [6, 6.07) is 8.52. The summed E-state index contributed by atoms with van der Waals surface area (Å²) in [6.07, 6.45) is 0. The Balaban J connectivity index is 2.47. The number of aryl methyl sites for hydroxylation is 2. The average molecular weight is 439 g/mol. The molecule has 0 fully saturated rings. The monoisotopic (exact) mass is 436 g/mol. The van der Waals surface area contributed by atoms with E-state index >= 15 is 0 Å². The van der Waals surface area contributed by atoms with E-state index in [1.807, 2.05) is 11.3 Å². The van der Waals surface area contributed by atoms with Crippen LogP contribution in [-0.2, 0) is 0 Å². The van der Waals surface area contributed by atoms with Crippen molar-refractivity contribution in [2.45, 2.75) is 18.7 Å². The van der Waals surface area contributed by atoms with Crippen LogP contribution in [0.3, 0.4) is 0 Å². The van der Waals surface area contributed by atoms with Gasteiger partial charge >= 0.3 is 0 Å².